The SMILES string of the molecule is CP(C)O.I.I. The molecule has 42 valence electrons. The molecule has 0 amide bonds. The molecule has 0 spiro atoms. The Bertz CT molecular complexity index is 16.3. The zero-order valence-electron chi connectivity index (χ0n) is 3.71. The van der Waals surface area contributed by atoms with E-state index in [0.717, 1.165) is 0 Å². The summed E-state index contributed by atoms with van der Waals surface area (Å²) in [6.45, 7) is 3.57. The first-order valence-corrected chi connectivity index (χ1v) is 3.28. The minimum atomic E-state index is -0.620. The lowest BCUT2D eigenvalue weighted by molar-refractivity contribution is 0.637. The molecule has 0 atom stereocenters. The van der Waals surface area contributed by atoms with Crippen LogP contribution < -0.4 is 0 Å². The Labute approximate surface area is 73.8 Å². The first kappa shape index (κ1) is 15.7. The topological polar surface area (TPSA) is 20.2 Å². The van der Waals surface area contributed by atoms with Crippen molar-refractivity contribution < 1.29 is 4.89 Å². The predicted molar refractivity (Wildman–Crippen MR) is 51.8 cm³/mol. The zero-order valence-corrected chi connectivity index (χ0v) is 9.27. The summed E-state index contributed by atoms with van der Waals surface area (Å²) in [5.41, 5.74) is 0. The number of hydrogen-bond acceptors (Lipinski definition) is 1. The third-order valence-corrected chi connectivity index (χ3v) is 0. The van der Waals surface area contributed by atoms with Gasteiger partial charge < -0.3 is 4.89 Å². The van der Waals surface area contributed by atoms with Crippen LogP contribution in [0, 0.1) is 0 Å². The van der Waals surface area contributed by atoms with Gasteiger partial charge in [0.1, 0.15) is 0 Å². The molecule has 0 heterocycles. The minimum Gasteiger partial charge on any atom is -0.374 e. The molecule has 0 rings (SSSR count). The minimum absolute atomic E-state index is 0. The maximum Gasteiger partial charge on any atom is 0.0187 e. The third-order valence-electron chi connectivity index (χ3n) is 0. The van der Waals surface area contributed by atoms with Gasteiger partial charge in [0, 0.05) is 8.15 Å². The normalized spacial score (nSPS) is 6.00. The molecule has 1 N–H and O–H groups in total. The summed E-state index contributed by atoms with van der Waals surface area (Å²) in [5.74, 6) is 0. The third kappa shape index (κ3) is 40.2. The molecule has 0 aliphatic heterocycles. The lowest BCUT2D eigenvalue weighted by Crippen LogP contribution is -1.50. The summed E-state index contributed by atoms with van der Waals surface area (Å²) < 4.78 is 0. The number of rotatable bonds is 0. The molecule has 0 aliphatic carbocycles. The molecule has 0 bridgehead atoms. The van der Waals surface area contributed by atoms with E-state index in [1.54, 1.807) is 13.3 Å². The molecule has 0 aromatic rings. The maximum atomic E-state index is 8.12. The Kier molecular flexibility index (Phi) is 26.0. The average molecular weight is 334 g/mol. The highest BCUT2D eigenvalue weighted by molar-refractivity contribution is 14.0. The molecule has 0 aromatic heterocycles. The van der Waals surface area contributed by atoms with Crippen molar-refractivity contribution in [2.75, 3.05) is 13.3 Å². The van der Waals surface area contributed by atoms with Gasteiger partial charge in [0.25, 0.3) is 0 Å². The second-order valence-corrected chi connectivity index (χ2v) is 2.54. The lowest BCUT2D eigenvalue weighted by Gasteiger charge is -1.80. The van der Waals surface area contributed by atoms with Crippen molar-refractivity contribution in [3.63, 3.8) is 0 Å². The van der Waals surface area contributed by atoms with E-state index in [9.17, 15) is 0 Å². The first-order valence-electron chi connectivity index (χ1n) is 1.09. The van der Waals surface area contributed by atoms with E-state index in [-0.39, 0.29) is 48.0 Å². The molecule has 0 aromatic carbocycles. The summed E-state index contributed by atoms with van der Waals surface area (Å²) in [7, 11) is -0.620. The highest BCUT2D eigenvalue weighted by Crippen LogP contribution is 2.13. The van der Waals surface area contributed by atoms with Crippen LogP contribution in [0.5, 0.6) is 0 Å². The molecule has 0 saturated carbocycles. The summed E-state index contributed by atoms with van der Waals surface area (Å²) in [4.78, 5) is 8.12. The Morgan fingerprint density at radius 3 is 1.17 bits per heavy atom. The first-order chi connectivity index (χ1) is 1.73. The van der Waals surface area contributed by atoms with E-state index < -0.39 is 8.15 Å². The summed E-state index contributed by atoms with van der Waals surface area (Å²) in [6, 6.07) is 0. The van der Waals surface area contributed by atoms with Gasteiger partial charge in [0.05, 0.1) is 0 Å². The Balaban J connectivity index is -0.0000000450. The Morgan fingerprint density at radius 1 is 1.17 bits per heavy atom. The van der Waals surface area contributed by atoms with E-state index in [4.69, 9.17) is 4.89 Å². The summed E-state index contributed by atoms with van der Waals surface area (Å²) in [5, 5.41) is 0. The van der Waals surface area contributed by atoms with Gasteiger partial charge in [-0.3, -0.25) is 0 Å². The maximum absolute atomic E-state index is 8.12. The van der Waals surface area contributed by atoms with Crippen LogP contribution in [0.3, 0.4) is 0 Å². The van der Waals surface area contributed by atoms with Gasteiger partial charge in [-0.2, -0.15) is 0 Å². The molecule has 0 fully saturated rings. The van der Waals surface area contributed by atoms with Crippen molar-refractivity contribution in [1.29, 1.82) is 0 Å². The van der Waals surface area contributed by atoms with Crippen LogP contribution in [0.2, 0.25) is 0 Å². The van der Waals surface area contributed by atoms with Gasteiger partial charge in [-0.25, -0.2) is 0 Å². The van der Waals surface area contributed by atoms with Crippen LogP contribution in [0.25, 0.3) is 0 Å². The summed E-state index contributed by atoms with van der Waals surface area (Å²) in [6.07, 6.45) is 0. The van der Waals surface area contributed by atoms with Crippen molar-refractivity contribution >= 4 is 56.1 Å². The molecule has 0 aliphatic rings. The summed E-state index contributed by atoms with van der Waals surface area (Å²) >= 11 is 0. The highest BCUT2D eigenvalue weighted by Gasteiger charge is 1.68. The monoisotopic (exact) mass is 334 g/mol. The Hall–Kier alpha value is 1.85. The predicted octanol–water partition coefficient (Wildman–Crippen LogP) is 1.87. The molecule has 0 unspecified atom stereocenters. The van der Waals surface area contributed by atoms with Gasteiger partial charge in [-0.05, 0) is 13.3 Å². The van der Waals surface area contributed by atoms with Crippen LogP contribution >= 0.6 is 56.1 Å². The lowest BCUT2D eigenvalue weighted by atomic mass is 11.9. The molecule has 0 radical (unpaired) electrons. The van der Waals surface area contributed by atoms with E-state index in [0.29, 0.717) is 0 Å². The van der Waals surface area contributed by atoms with Crippen LogP contribution in [0.15, 0.2) is 0 Å². The van der Waals surface area contributed by atoms with Gasteiger partial charge in [-0.1, -0.05) is 0 Å². The quantitative estimate of drug-likeness (QED) is 0.530. The van der Waals surface area contributed by atoms with Gasteiger partial charge >= 0.3 is 0 Å². The van der Waals surface area contributed by atoms with Crippen LogP contribution in [-0.4, -0.2) is 18.2 Å². The molecule has 4 heteroatoms. The van der Waals surface area contributed by atoms with E-state index in [2.05, 4.69) is 0 Å². The van der Waals surface area contributed by atoms with Crippen molar-refractivity contribution in [2.24, 2.45) is 0 Å². The number of halogens is 2. The van der Waals surface area contributed by atoms with Crippen molar-refractivity contribution in [2.45, 2.75) is 0 Å². The van der Waals surface area contributed by atoms with Crippen LogP contribution in [-0.2, 0) is 0 Å². The smallest absolute Gasteiger partial charge is 0.0187 e. The fourth-order valence-corrected chi connectivity index (χ4v) is 0. The Morgan fingerprint density at radius 2 is 1.17 bits per heavy atom. The van der Waals surface area contributed by atoms with E-state index in [1.165, 1.54) is 0 Å². The van der Waals surface area contributed by atoms with Crippen molar-refractivity contribution in [1.82, 2.24) is 0 Å². The molecular weight excluding hydrogens is 325 g/mol. The second kappa shape index (κ2) is 9.97. The largest absolute Gasteiger partial charge is 0.374 e. The molecular formula is C2H9I2OP. The standard InChI is InChI=1S/C2H7OP.2HI/c1-4(2)3;;/h3H,1-2H3;2*1H. The highest BCUT2D eigenvalue weighted by atomic mass is 127. The number of hydrogen-bond donors (Lipinski definition) is 1. The van der Waals surface area contributed by atoms with Crippen molar-refractivity contribution in [3.8, 4) is 0 Å². The fraction of sp³-hybridized carbons (Fsp3) is 1.00. The van der Waals surface area contributed by atoms with Gasteiger partial charge in [0.2, 0.25) is 0 Å². The van der Waals surface area contributed by atoms with E-state index >= 15 is 0 Å². The van der Waals surface area contributed by atoms with Gasteiger partial charge in [-0.15, -0.1) is 48.0 Å². The van der Waals surface area contributed by atoms with Crippen LogP contribution in [0.4, 0.5) is 0 Å². The molecule has 1 nitrogen and oxygen atoms in total. The average Bonchev–Trinajstić information content (AvgIpc) is 0.811. The van der Waals surface area contributed by atoms with Crippen LogP contribution in [0.1, 0.15) is 0 Å². The molecule has 6 heavy (non-hydrogen) atoms. The van der Waals surface area contributed by atoms with E-state index in [1.807, 2.05) is 0 Å². The van der Waals surface area contributed by atoms with Crippen molar-refractivity contribution in [3.05, 3.63) is 0 Å². The fourth-order valence-electron chi connectivity index (χ4n) is 0. The molecule has 0 saturated heterocycles. The zero-order chi connectivity index (χ0) is 3.58. The second-order valence-electron chi connectivity index (χ2n) is 0.847. The van der Waals surface area contributed by atoms with Gasteiger partial charge in [0.15, 0.2) is 0 Å².